The number of hydrogen-bond acceptors (Lipinski definition) is 5. The van der Waals surface area contributed by atoms with Crippen molar-refractivity contribution in [1.82, 2.24) is 25.0 Å². The smallest absolute Gasteiger partial charge is 0.291 e. The number of nitrogens with one attached hydrogen (secondary N) is 1. The lowest BCUT2D eigenvalue weighted by Gasteiger charge is -2.22. The second-order valence-electron chi connectivity index (χ2n) is 7.12. The fraction of sp³-hybridized carbons (Fsp3) is 0.381. The van der Waals surface area contributed by atoms with Gasteiger partial charge >= 0.3 is 0 Å². The fourth-order valence-corrected chi connectivity index (χ4v) is 3.75. The summed E-state index contributed by atoms with van der Waals surface area (Å²) in [5, 5.41) is 7.49. The summed E-state index contributed by atoms with van der Waals surface area (Å²) < 4.78 is 7.17. The normalized spacial score (nSPS) is 17.1. The van der Waals surface area contributed by atoms with Crippen LogP contribution in [0.5, 0.6) is 0 Å². The molecule has 0 saturated carbocycles. The van der Waals surface area contributed by atoms with Gasteiger partial charge in [0.25, 0.3) is 5.91 Å². The maximum Gasteiger partial charge on any atom is 0.291 e. The molecule has 7 heteroatoms. The summed E-state index contributed by atoms with van der Waals surface area (Å²) in [7, 11) is 0. The molecule has 0 bridgehead atoms. The Morgan fingerprint density at radius 3 is 2.96 bits per heavy atom. The molecule has 4 rings (SSSR count). The van der Waals surface area contributed by atoms with E-state index in [-0.39, 0.29) is 11.7 Å². The second kappa shape index (κ2) is 7.98. The van der Waals surface area contributed by atoms with E-state index in [1.165, 1.54) is 6.42 Å². The number of amides is 1. The number of likely N-dealkylation sites (N-methyl/N-ethyl adjacent to an activating group) is 1. The van der Waals surface area contributed by atoms with E-state index in [4.69, 9.17) is 4.42 Å². The molecule has 1 amide bonds. The molecule has 1 atom stereocenters. The summed E-state index contributed by atoms with van der Waals surface area (Å²) >= 11 is 0. The quantitative estimate of drug-likeness (QED) is 0.712. The molecule has 7 nitrogen and oxygen atoms in total. The molecule has 1 saturated heterocycles. The molecule has 1 aromatic carbocycles. The number of aryl methyl sites for hydroxylation is 1. The number of carbonyl (C=O) groups is 1. The number of aromatic nitrogens is 3. The number of benzene rings is 1. The summed E-state index contributed by atoms with van der Waals surface area (Å²) in [6.07, 6.45) is 3.87. The Kier molecular flexibility index (Phi) is 5.25. The highest BCUT2D eigenvalue weighted by atomic mass is 16.3. The molecule has 3 aromatic rings. The van der Waals surface area contributed by atoms with Crippen LogP contribution in [0.15, 0.2) is 47.1 Å². The van der Waals surface area contributed by atoms with Gasteiger partial charge in [-0.25, -0.2) is 4.68 Å². The van der Waals surface area contributed by atoms with E-state index in [2.05, 4.69) is 27.2 Å². The van der Waals surface area contributed by atoms with E-state index < -0.39 is 0 Å². The lowest BCUT2D eigenvalue weighted by molar-refractivity contribution is 0.0931. The van der Waals surface area contributed by atoms with E-state index in [9.17, 15) is 4.79 Å². The van der Waals surface area contributed by atoms with Crippen molar-refractivity contribution in [3.8, 4) is 17.3 Å². The molecule has 2 aromatic heterocycles. The highest BCUT2D eigenvalue weighted by Gasteiger charge is 2.25. The van der Waals surface area contributed by atoms with Gasteiger partial charge in [0, 0.05) is 12.6 Å². The Morgan fingerprint density at radius 1 is 1.32 bits per heavy atom. The summed E-state index contributed by atoms with van der Waals surface area (Å²) in [6, 6.07) is 11.9. The average molecular weight is 379 g/mol. The van der Waals surface area contributed by atoms with Gasteiger partial charge < -0.3 is 9.73 Å². The Morgan fingerprint density at radius 2 is 2.21 bits per heavy atom. The third kappa shape index (κ3) is 3.71. The number of likely N-dealkylation sites (tertiary alicyclic amines) is 1. The van der Waals surface area contributed by atoms with Crippen molar-refractivity contribution in [2.75, 3.05) is 19.6 Å². The first-order valence-corrected chi connectivity index (χ1v) is 9.76. The largest absolute Gasteiger partial charge is 0.461 e. The van der Waals surface area contributed by atoms with Crippen LogP contribution in [-0.2, 0) is 0 Å². The minimum Gasteiger partial charge on any atom is -0.461 e. The molecule has 0 radical (unpaired) electrons. The van der Waals surface area contributed by atoms with Crippen LogP contribution in [0.1, 0.15) is 35.9 Å². The van der Waals surface area contributed by atoms with Gasteiger partial charge in [-0.05, 0) is 62.7 Å². The van der Waals surface area contributed by atoms with E-state index in [0.717, 1.165) is 30.8 Å². The van der Waals surface area contributed by atoms with Gasteiger partial charge in [-0.2, -0.15) is 4.98 Å². The minimum atomic E-state index is -0.262. The molecule has 3 heterocycles. The lowest BCUT2D eigenvalue weighted by atomic mass is 10.2. The van der Waals surface area contributed by atoms with Gasteiger partial charge in [0.15, 0.2) is 11.6 Å². The van der Waals surface area contributed by atoms with Gasteiger partial charge in [-0.1, -0.05) is 19.1 Å². The third-order valence-electron chi connectivity index (χ3n) is 5.20. The molecule has 28 heavy (non-hydrogen) atoms. The zero-order valence-corrected chi connectivity index (χ0v) is 16.3. The van der Waals surface area contributed by atoms with Gasteiger partial charge in [-0.15, -0.1) is 5.10 Å². The molecule has 1 aliphatic rings. The van der Waals surface area contributed by atoms with E-state index in [1.807, 2.05) is 37.3 Å². The Labute approximate surface area is 164 Å². The first kappa shape index (κ1) is 18.4. The first-order valence-electron chi connectivity index (χ1n) is 9.76. The molecule has 146 valence electrons. The number of rotatable bonds is 6. The van der Waals surface area contributed by atoms with Gasteiger partial charge in [0.05, 0.1) is 12.0 Å². The standard InChI is InChI=1S/C21H25N5O2/c1-3-25-11-5-9-17(25)14-22-21(27)19-23-20(18-10-6-12-28-18)26(24-19)16-8-4-7-15(2)13-16/h4,6-8,10,12-13,17H,3,5,9,11,14H2,1-2H3,(H,22,27)/t17-/m1/s1. The molecule has 1 aliphatic heterocycles. The SMILES string of the molecule is CCN1CCC[C@@H]1CNC(=O)c1nc(-c2ccco2)n(-c2cccc(C)c2)n1. The highest BCUT2D eigenvalue weighted by molar-refractivity contribution is 5.90. The number of furan rings is 1. The summed E-state index contributed by atoms with van der Waals surface area (Å²) in [4.78, 5) is 19.6. The maximum atomic E-state index is 12.7. The third-order valence-corrected chi connectivity index (χ3v) is 5.20. The van der Waals surface area contributed by atoms with Gasteiger partial charge in [-0.3, -0.25) is 9.69 Å². The lowest BCUT2D eigenvalue weighted by Crippen LogP contribution is -2.40. The molecular weight excluding hydrogens is 354 g/mol. The van der Waals surface area contributed by atoms with Crippen LogP contribution in [0.3, 0.4) is 0 Å². The Bertz CT molecular complexity index is 948. The van der Waals surface area contributed by atoms with E-state index in [1.54, 1.807) is 17.0 Å². The van der Waals surface area contributed by atoms with Crippen LogP contribution >= 0.6 is 0 Å². The molecule has 0 unspecified atom stereocenters. The molecular formula is C21H25N5O2. The first-order chi connectivity index (χ1) is 13.7. The summed E-state index contributed by atoms with van der Waals surface area (Å²) in [5.41, 5.74) is 1.94. The molecule has 1 N–H and O–H groups in total. The van der Waals surface area contributed by atoms with Crippen LogP contribution in [0.25, 0.3) is 17.3 Å². The van der Waals surface area contributed by atoms with Crippen molar-refractivity contribution in [1.29, 1.82) is 0 Å². The zero-order chi connectivity index (χ0) is 19.5. The van der Waals surface area contributed by atoms with Crippen molar-refractivity contribution < 1.29 is 9.21 Å². The Balaban J connectivity index is 1.59. The van der Waals surface area contributed by atoms with Gasteiger partial charge in [0.1, 0.15) is 0 Å². The van der Waals surface area contributed by atoms with Gasteiger partial charge in [0.2, 0.25) is 5.82 Å². The van der Waals surface area contributed by atoms with Crippen LogP contribution in [0.4, 0.5) is 0 Å². The minimum absolute atomic E-state index is 0.147. The highest BCUT2D eigenvalue weighted by Crippen LogP contribution is 2.22. The number of carbonyl (C=O) groups excluding carboxylic acids is 1. The second-order valence-corrected chi connectivity index (χ2v) is 7.12. The molecule has 0 spiro atoms. The van der Waals surface area contributed by atoms with E-state index >= 15 is 0 Å². The van der Waals surface area contributed by atoms with Crippen LogP contribution in [-0.4, -0.2) is 51.2 Å². The zero-order valence-electron chi connectivity index (χ0n) is 16.3. The number of hydrogen-bond donors (Lipinski definition) is 1. The van der Waals surface area contributed by atoms with Crippen LogP contribution in [0.2, 0.25) is 0 Å². The predicted octanol–water partition coefficient (Wildman–Crippen LogP) is 3.05. The van der Waals surface area contributed by atoms with Crippen molar-refractivity contribution in [3.63, 3.8) is 0 Å². The summed E-state index contributed by atoms with van der Waals surface area (Å²) in [5.74, 6) is 0.967. The monoisotopic (exact) mass is 379 g/mol. The fourth-order valence-electron chi connectivity index (χ4n) is 3.75. The van der Waals surface area contributed by atoms with Crippen molar-refractivity contribution in [2.24, 2.45) is 0 Å². The summed E-state index contributed by atoms with van der Waals surface area (Å²) in [6.45, 7) is 6.88. The molecule has 1 fully saturated rings. The topological polar surface area (TPSA) is 76.2 Å². The maximum absolute atomic E-state index is 12.7. The van der Waals surface area contributed by atoms with Crippen LogP contribution < -0.4 is 5.32 Å². The molecule has 0 aliphatic carbocycles. The number of nitrogens with zero attached hydrogens (tertiary/aromatic N) is 4. The average Bonchev–Trinajstić information content (AvgIpc) is 3.45. The Hall–Kier alpha value is -2.93. The predicted molar refractivity (Wildman–Crippen MR) is 106 cm³/mol. The van der Waals surface area contributed by atoms with Crippen LogP contribution in [0, 0.1) is 6.92 Å². The van der Waals surface area contributed by atoms with Crippen molar-refractivity contribution in [3.05, 3.63) is 54.0 Å². The van der Waals surface area contributed by atoms with Crippen molar-refractivity contribution >= 4 is 5.91 Å². The van der Waals surface area contributed by atoms with Crippen molar-refractivity contribution in [2.45, 2.75) is 32.7 Å². The van der Waals surface area contributed by atoms with E-state index in [0.29, 0.717) is 24.2 Å².